The molecule has 1 rings (SSSR count). The molecule has 3 heteroatoms. The third-order valence-corrected chi connectivity index (χ3v) is 3.97. The van der Waals surface area contributed by atoms with E-state index in [-0.39, 0.29) is 23.8 Å². The minimum Gasteiger partial charge on any atom is -0.396 e. The Labute approximate surface area is 128 Å². The van der Waals surface area contributed by atoms with Crippen molar-refractivity contribution in [3.05, 3.63) is 35.9 Å². The zero-order valence-corrected chi connectivity index (χ0v) is 13.7. The molecule has 0 radical (unpaired) electrons. The molecule has 1 aromatic carbocycles. The zero-order chi connectivity index (χ0) is 15.9. The normalized spacial score (nSPS) is 13.2. The summed E-state index contributed by atoms with van der Waals surface area (Å²) < 4.78 is 0. The maximum absolute atomic E-state index is 12.5. The highest BCUT2D eigenvalue weighted by atomic mass is 16.3. The monoisotopic (exact) mass is 291 g/mol. The maximum atomic E-state index is 12.5. The molecule has 0 saturated carbocycles. The lowest BCUT2D eigenvalue weighted by Crippen LogP contribution is -2.40. The summed E-state index contributed by atoms with van der Waals surface area (Å²) in [6.07, 6.45) is 1.46. The first-order valence-electron chi connectivity index (χ1n) is 7.78. The predicted molar refractivity (Wildman–Crippen MR) is 87.0 cm³/mol. The first-order valence-corrected chi connectivity index (χ1v) is 7.78. The van der Waals surface area contributed by atoms with Crippen LogP contribution in [0.25, 0.3) is 0 Å². The Balaban J connectivity index is 2.62. The van der Waals surface area contributed by atoms with E-state index in [0.717, 1.165) is 6.42 Å². The molecule has 1 unspecified atom stereocenters. The summed E-state index contributed by atoms with van der Waals surface area (Å²) in [4.78, 5) is 12.5. The van der Waals surface area contributed by atoms with Gasteiger partial charge in [-0.15, -0.1) is 0 Å². The number of benzene rings is 1. The predicted octanol–water partition coefficient (Wildman–Crippen LogP) is 3.03. The molecule has 0 heterocycles. The van der Waals surface area contributed by atoms with E-state index in [1.54, 1.807) is 0 Å². The molecule has 118 valence electrons. The molecule has 0 aliphatic heterocycles. The summed E-state index contributed by atoms with van der Waals surface area (Å²) in [6.45, 7) is 9.05. The molecule has 0 fully saturated rings. The van der Waals surface area contributed by atoms with Crippen LogP contribution in [0.15, 0.2) is 30.3 Å². The number of hydrogen-bond acceptors (Lipinski definition) is 2. The molecular weight excluding hydrogens is 262 g/mol. The fourth-order valence-electron chi connectivity index (χ4n) is 2.35. The number of hydrogen-bond donors (Lipinski definition) is 2. The standard InChI is InChI=1S/C18H29NO2/c1-14(2)16(12-15-8-6-5-7-9-15)17(21)19-13-18(3,4)10-11-20/h5-9,14,16,20H,10-13H2,1-4H3,(H,19,21). The lowest BCUT2D eigenvalue weighted by Gasteiger charge is -2.27. The molecule has 2 N–H and O–H groups in total. The van der Waals surface area contributed by atoms with Gasteiger partial charge >= 0.3 is 0 Å². The van der Waals surface area contributed by atoms with Gasteiger partial charge in [0, 0.05) is 19.1 Å². The van der Waals surface area contributed by atoms with Crippen LogP contribution in [0.5, 0.6) is 0 Å². The van der Waals surface area contributed by atoms with Crippen molar-refractivity contribution in [2.45, 2.75) is 40.5 Å². The summed E-state index contributed by atoms with van der Waals surface area (Å²) >= 11 is 0. The molecule has 0 aromatic heterocycles. The van der Waals surface area contributed by atoms with Crippen LogP contribution in [-0.2, 0) is 11.2 Å². The van der Waals surface area contributed by atoms with Crippen LogP contribution >= 0.6 is 0 Å². The second-order valence-corrected chi connectivity index (χ2v) is 6.90. The van der Waals surface area contributed by atoms with Crippen LogP contribution in [0.1, 0.15) is 39.7 Å². The van der Waals surface area contributed by atoms with Gasteiger partial charge in [-0.1, -0.05) is 58.0 Å². The van der Waals surface area contributed by atoms with Crippen molar-refractivity contribution < 1.29 is 9.90 Å². The second kappa shape index (κ2) is 8.18. The highest BCUT2D eigenvalue weighted by Gasteiger charge is 2.25. The Morgan fingerprint density at radius 3 is 2.38 bits per heavy atom. The molecule has 1 aromatic rings. The van der Waals surface area contributed by atoms with Gasteiger partial charge < -0.3 is 10.4 Å². The van der Waals surface area contributed by atoms with Crippen molar-refractivity contribution in [1.82, 2.24) is 5.32 Å². The maximum Gasteiger partial charge on any atom is 0.223 e. The van der Waals surface area contributed by atoms with Gasteiger partial charge in [0.25, 0.3) is 0 Å². The van der Waals surface area contributed by atoms with Crippen LogP contribution in [0.3, 0.4) is 0 Å². The largest absolute Gasteiger partial charge is 0.396 e. The number of rotatable bonds is 8. The van der Waals surface area contributed by atoms with E-state index in [4.69, 9.17) is 5.11 Å². The molecule has 0 aliphatic rings. The highest BCUT2D eigenvalue weighted by Crippen LogP contribution is 2.21. The number of nitrogens with one attached hydrogen (secondary N) is 1. The summed E-state index contributed by atoms with van der Waals surface area (Å²) in [7, 11) is 0. The lowest BCUT2D eigenvalue weighted by atomic mass is 9.86. The van der Waals surface area contributed by atoms with Crippen molar-refractivity contribution in [2.24, 2.45) is 17.3 Å². The Bertz CT molecular complexity index is 426. The number of carbonyl (C=O) groups is 1. The Kier molecular flexibility index (Phi) is 6.90. The fraction of sp³-hybridized carbons (Fsp3) is 0.611. The van der Waals surface area contributed by atoms with Gasteiger partial charge in [0.1, 0.15) is 0 Å². The van der Waals surface area contributed by atoms with Crippen LogP contribution in [0.4, 0.5) is 0 Å². The topological polar surface area (TPSA) is 49.3 Å². The van der Waals surface area contributed by atoms with Gasteiger partial charge in [0.15, 0.2) is 0 Å². The number of amides is 1. The first-order chi connectivity index (χ1) is 9.85. The van der Waals surface area contributed by atoms with Gasteiger partial charge in [0.05, 0.1) is 0 Å². The van der Waals surface area contributed by atoms with E-state index >= 15 is 0 Å². The van der Waals surface area contributed by atoms with Gasteiger partial charge in [-0.3, -0.25) is 4.79 Å². The van der Waals surface area contributed by atoms with Crippen LogP contribution < -0.4 is 5.32 Å². The molecular formula is C18H29NO2. The summed E-state index contributed by atoms with van der Waals surface area (Å²) in [5.74, 6) is 0.392. The molecule has 0 bridgehead atoms. The van der Waals surface area contributed by atoms with Crippen molar-refractivity contribution in [2.75, 3.05) is 13.2 Å². The average molecular weight is 291 g/mol. The summed E-state index contributed by atoms with van der Waals surface area (Å²) in [6, 6.07) is 10.1. The number of aliphatic hydroxyl groups excluding tert-OH is 1. The van der Waals surface area contributed by atoms with Crippen LogP contribution in [0, 0.1) is 17.3 Å². The van der Waals surface area contributed by atoms with Crippen LogP contribution in [-0.4, -0.2) is 24.2 Å². The number of carbonyl (C=O) groups excluding carboxylic acids is 1. The molecule has 21 heavy (non-hydrogen) atoms. The van der Waals surface area contributed by atoms with Crippen molar-refractivity contribution in [1.29, 1.82) is 0 Å². The summed E-state index contributed by atoms with van der Waals surface area (Å²) in [5, 5.41) is 12.1. The van der Waals surface area contributed by atoms with Gasteiger partial charge in [0.2, 0.25) is 5.91 Å². The van der Waals surface area contributed by atoms with Crippen molar-refractivity contribution >= 4 is 5.91 Å². The minimum atomic E-state index is -0.0707. The summed E-state index contributed by atoms with van der Waals surface area (Å²) in [5.41, 5.74) is 1.12. The smallest absolute Gasteiger partial charge is 0.223 e. The molecule has 1 atom stereocenters. The second-order valence-electron chi connectivity index (χ2n) is 6.90. The van der Waals surface area contributed by atoms with E-state index < -0.39 is 0 Å². The minimum absolute atomic E-state index is 0.0164. The Hall–Kier alpha value is -1.35. The van der Waals surface area contributed by atoms with Crippen molar-refractivity contribution in [3.63, 3.8) is 0 Å². The van der Waals surface area contributed by atoms with Gasteiger partial charge in [-0.05, 0) is 29.7 Å². The van der Waals surface area contributed by atoms with Gasteiger partial charge in [-0.25, -0.2) is 0 Å². The third kappa shape index (κ3) is 6.30. The van der Waals surface area contributed by atoms with Crippen LogP contribution in [0.2, 0.25) is 0 Å². The van der Waals surface area contributed by atoms with Crippen molar-refractivity contribution in [3.8, 4) is 0 Å². The molecule has 0 saturated heterocycles. The Morgan fingerprint density at radius 1 is 1.24 bits per heavy atom. The highest BCUT2D eigenvalue weighted by molar-refractivity contribution is 5.79. The average Bonchev–Trinajstić information content (AvgIpc) is 2.43. The SMILES string of the molecule is CC(C)C(Cc1ccccc1)C(=O)NCC(C)(C)CCO. The van der Waals surface area contributed by atoms with E-state index in [1.807, 2.05) is 18.2 Å². The zero-order valence-electron chi connectivity index (χ0n) is 13.7. The molecule has 0 spiro atoms. The third-order valence-electron chi connectivity index (χ3n) is 3.97. The molecule has 0 aliphatic carbocycles. The Morgan fingerprint density at radius 2 is 1.86 bits per heavy atom. The van der Waals surface area contributed by atoms with E-state index in [1.165, 1.54) is 5.56 Å². The molecule has 3 nitrogen and oxygen atoms in total. The first kappa shape index (κ1) is 17.7. The van der Waals surface area contributed by atoms with E-state index in [0.29, 0.717) is 18.9 Å². The van der Waals surface area contributed by atoms with E-state index in [9.17, 15) is 4.79 Å². The number of aliphatic hydroxyl groups is 1. The quantitative estimate of drug-likeness (QED) is 0.773. The lowest BCUT2D eigenvalue weighted by molar-refractivity contribution is -0.126. The molecule has 1 amide bonds. The fourth-order valence-corrected chi connectivity index (χ4v) is 2.35. The van der Waals surface area contributed by atoms with E-state index in [2.05, 4.69) is 45.1 Å². The van der Waals surface area contributed by atoms with Gasteiger partial charge in [-0.2, -0.15) is 0 Å².